The molecule has 0 aromatic carbocycles. The highest BCUT2D eigenvalue weighted by molar-refractivity contribution is 5.89. The van der Waals surface area contributed by atoms with E-state index in [1.165, 1.54) is 31.3 Å². The lowest BCUT2D eigenvalue weighted by molar-refractivity contribution is -0.114. The Bertz CT molecular complexity index is 1200. The Balaban J connectivity index is 2.14. The Hall–Kier alpha value is -4.07. The summed E-state index contributed by atoms with van der Waals surface area (Å²) in [4.78, 5) is 31.8. The van der Waals surface area contributed by atoms with Crippen molar-refractivity contribution in [2.75, 3.05) is 10.6 Å². The van der Waals surface area contributed by atoms with Gasteiger partial charge in [-0.05, 0) is 19.9 Å². The number of nitrogens with zero attached hydrogens (tertiary/aromatic N) is 6. The zero-order valence-electron chi connectivity index (χ0n) is 17.2. The van der Waals surface area contributed by atoms with Crippen LogP contribution >= 0.6 is 0 Å². The zero-order valence-corrected chi connectivity index (χ0v) is 17.2. The van der Waals surface area contributed by atoms with Gasteiger partial charge in [0.05, 0.1) is 11.3 Å². The Morgan fingerprint density at radius 3 is 2.42 bits per heavy atom. The smallest absolute Gasteiger partial charge is 0.303 e. The van der Waals surface area contributed by atoms with Gasteiger partial charge < -0.3 is 10.6 Å². The molecule has 0 bridgehead atoms. The van der Waals surface area contributed by atoms with Crippen molar-refractivity contribution in [3.8, 4) is 17.5 Å². The average molecular weight is 424 g/mol. The highest BCUT2D eigenvalue weighted by Gasteiger charge is 2.29. The van der Waals surface area contributed by atoms with Gasteiger partial charge in [0.1, 0.15) is 23.4 Å². The summed E-state index contributed by atoms with van der Waals surface area (Å²) in [6.07, 6.45) is 1.41. The number of hydrogen-bond donors (Lipinski definition) is 2. The molecule has 31 heavy (non-hydrogen) atoms. The topological polar surface area (TPSA) is 129 Å². The monoisotopic (exact) mass is 424 g/mol. The van der Waals surface area contributed by atoms with Crippen LogP contribution in [-0.4, -0.2) is 30.8 Å². The maximum absolute atomic E-state index is 13.8. The van der Waals surface area contributed by atoms with Gasteiger partial charge in [0, 0.05) is 43.6 Å². The van der Waals surface area contributed by atoms with Gasteiger partial charge in [-0.2, -0.15) is 14.0 Å². The van der Waals surface area contributed by atoms with E-state index in [9.17, 15) is 18.8 Å². The molecule has 0 aliphatic carbocycles. The van der Waals surface area contributed by atoms with E-state index in [0.717, 1.165) is 0 Å². The number of rotatable bonds is 5. The van der Waals surface area contributed by atoms with Crippen LogP contribution in [0.3, 0.4) is 0 Å². The van der Waals surface area contributed by atoms with E-state index in [4.69, 9.17) is 0 Å². The third-order valence-electron chi connectivity index (χ3n) is 3.93. The van der Waals surface area contributed by atoms with Crippen molar-refractivity contribution < 1.29 is 13.6 Å². The molecular weight excluding hydrogens is 406 g/mol. The standard InChI is InChI=1S/C20H18F2N8O/c1-10-5-13(8-23)28-18(25-10)14-9-24-16(27-12(3)31)7-15(14)29-17-6-11(2)26-19(30-17)20(4,21)22/h5-7,9H,1-4H3,(H2,24,26,27,29,30,31). The molecule has 0 aliphatic rings. The minimum atomic E-state index is -3.23. The fourth-order valence-corrected chi connectivity index (χ4v) is 2.70. The van der Waals surface area contributed by atoms with Crippen molar-refractivity contribution in [1.29, 1.82) is 5.26 Å². The highest BCUT2D eigenvalue weighted by Crippen LogP contribution is 2.31. The van der Waals surface area contributed by atoms with E-state index in [2.05, 4.69) is 35.6 Å². The molecule has 0 spiro atoms. The van der Waals surface area contributed by atoms with Crippen molar-refractivity contribution >= 4 is 23.2 Å². The minimum absolute atomic E-state index is 0.110. The quantitative estimate of drug-likeness (QED) is 0.635. The molecule has 0 aliphatic heterocycles. The Labute approximate surface area is 176 Å². The number of aryl methyl sites for hydroxylation is 2. The van der Waals surface area contributed by atoms with Crippen molar-refractivity contribution in [2.45, 2.75) is 33.6 Å². The first-order chi connectivity index (χ1) is 14.5. The van der Waals surface area contributed by atoms with Crippen LogP contribution in [-0.2, 0) is 10.7 Å². The molecule has 0 unspecified atom stereocenters. The van der Waals surface area contributed by atoms with E-state index in [1.807, 2.05) is 6.07 Å². The van der Waals surface area contributed by atoms with Crippen molar-refractivity contribution in [3.05, 3.63) is 47.3 Å². The van der Waals surface area contributed by atoms with Gasteiger partial charge >= 0.3 is 5.92 Å². The summed E-state index contributed by atoms with van der Waals surface area (Å²) in [5.41, 5.74) is 1.78. The molecule has 0 saturated carbocycles. The summed E-state index contributed by atoms with van der Waals surface area (Å²) in [7, 11) is 0. The second-order valence-corrected chi connectivity index (χ2v) is 6.86. The molecule has 3 heterocycles. The van der Waals surface area contributed by atoms with Crippen molar-refractivity contribution in [2.24, 2.45) is 0 Å². The van der Waals surface area contributed by atoms with Crippen LogP contribution in [0, 0.1) is 25.2 Å². The molecule has 0 saturated heterocycles. The number of halogens is 2. The lowest BCUT2D eigenvalue weighted by atomic mass is 10.2. The zero-order chi connectivity index (χ0) is 22.8. The number of carbonyl (C=O) groups is 1. The lowest BCUT2D eigenvalue weighted by Crippen LogP contribution is -2.14. The largest absolute Gasteiger partial charge is 0.339 e. The molecule has 3 rings (SSSR count). The van der Waals surface area contributed by atoms with Crippen LogP contribution in [0.25, 0.3) is 11.4 Å². The van der Waals surface area contributed by atoms with Crippen LogP contribution in [0.2, 0.25) is 0 Å². The Morgan fingerprint density at radius 1 is 1.06 bits per heavy atom. The fourth-order valence-electron chi connectivity index (χ4n) is 2.70. The number of amides is 1. The molecule has 9 nitrogen and oxygen atoms in total. The van der Waals surface area contributed by atoms with Crippen LogP contribution in [0.15, 0.2) is 24.4 Å². The summed E-state index contributed by atoms with van der Waals surface area (Å²) >= 11 is 0. The third kappa shape index (κ3) is 5.30. The number of alkyl halides is 2. The third-order valence-corrected chi connectivity index (χ3v) is 3.93. The van der Waals surface area contributed by atoms with Crippen LogP contribution in [0.1, 0.15) is 36.8 Å². The predicted octanol–water partition coefficient (Wildman–Crippen LogP) is 3.63. The molecule has 158 valence electrons. The Morgan fingerprint density at radius 2 is 1.77 bits per heavy atom. The van der Waals surface area contributed by atoms with Gasteiger partial charge in [-0.25, -0.2) is 24.9 Å². The van der Waals surface area contributed by atoms with Gasteiger partial charge in [-0.15, -0.1) is 0 Å². The molecule has 0 radical (unpaired) electrons. The van der Waals surface area contributed by atoms with E-state index in [-0.39, 0.29) is 29.1 Å². The van der Waals surface area contributed by atoms with Gasteiger partial charge in [0.25, 0.3) is 0 Å². The van der Waals surface area contributed by atoms with Gasteiger partial charge in [0.2, 0.25) is 11.7 Å². The maximum atomic E-state index is 13.8. The SMILES string of the molecule is CC(=O)Nc1cc(Nc2cc(C)nc(C(C)(F)F)n2)c(-c2nc(C)cc(C#N)n2)cn1. The predicted molar refractivity (Wildman–Crippen MR) is 109 cm³/mol. The lowest BCUT2D eigenvalue weighted by Gasteiger charge is -2.15. The molecule has 11 heteroatoms. The molecule has 0 fully saturated rings. The van der Waals surface area contributed by atoms with Crippen molar-refractivity contribution in [1.82, 2.24) is 24.9 Å². The van der Waals surface area contributed by atoms with Crippen molar-refractivity contribution in [3.63, 3.8) is 0 Å². The molecular formula is C20H18F2N8O. The second kappa shape index (κ2) is 8.35. The van der Waals surface area contributed by atoms with Crippen LogP contribution < -0.4 is 10.6 Å². The number of aromatic nitrogens is 5. The average Bonchev–Trinajstić information content (AvgIpc) is 2.66. The first-order valence-electron chi connectivity index (χ1n) is 9.10. The summed E-state index contributed by atoms with van der Waals surface area (Å²) in [6, 6.07) is 6.48. The summed E-state index contributed by atoms with van der Waals surface area (Å²) in [5, 5.41) is 14.7. The molecule has 1 amide bonds. The number of nitrogens with one attached hydrogen (secondary N) is 2. The second-order valence-electron chi connectivity index (χ2n) is 6.86. The fraction of sp³-hybridized carbons (Fsp3) is 0.250. The highest BCUT2D eigenvalue weighted by atomic mass is 19.3. The number of carbonyl (C=O) groups excluding carboxylic acids is 1. The molecule has 2 N–H and O–H groups in total. The number of pyridine rings is 1. The van der Waals surface area contributed by atoms with Gasteiger partial charge in [-0.1, -0.05) is 0 Å². The normalized spacial score (nSPS) is 11.0. The van der Waals surface area contributed by atoms with E-state index >= 15 is 0 Å². The van der Waals surface area contributed by atoms with E-state index in [1.54, 1.807) is 13.8 Å². The van der Waals surface area contributed by atoms with E-state index < -0.39 is 11.7 Å². The number of nitriles is 1. The molecule has 0 atom stereocenters. The van der Waals surface area contributed by atoms with E-state index in [0.29, 0.717) is 29.6 Å². The van der Waals surface area contributed by atoms with Crippen LogP contribution in [0.4, 0.5) is 26.1 Å². The first kappa shape index (κ1) is 21.6. The summed E-state index contributed by atoms with van der Waals surface area (Å²) in [5.74, 6) is -3.67. The van der Waals surface area contributed by atoms with Gasteiger partial charge in [-0.3, -0.25) is 4.79 Å². The summed E-state index contributed by atoms with van der Waals surface area (Å²) in [6.45, 7) is 5.32. The van der Waals surface area contributed by atoms with Gasteiger partial charge in [0.15, 0.2) is 5.82 Å². The number of hydrogen-bond acceptors (Lipinski definition) is 8. The minimum Gasteiger partial charge on any atom is -0.339 e. The Kier molecular flexibility index (Phi) is 5.83. The molecule has 3 aromatic heterocycles. The van der Waals surface area contributed by atoms with Crippen LogP contribution in [0.5, 0.6) is 0 Å². The molecule has 3 aromatic rings. The first-order valence-corrected chi connectivity index (χ1v) is 9.10. The maximum Gasteiger partial charge on any atom is 0.303 e. The summed E-state index contributed by atoms with van der Waals surface area (Å²) < 4.78 is 27.5. The number of anilines is 3.